The zero-order valence-corrected chi connectivity index (χ0v) is 11.2. The maximum atomic E-state index is 13.1. The van der Waals surface area contributed by atoms with Gasteiger partial charge in [0.25, 0.3) is 0 Å². The van der Waals surface area contributed by atoms with Crippen LogP contribution >= 0.6 is 0 Å². The average Bonchev–Trinajstić information content (AvgIpc) is 2.72. The molecule has 0 aliphatic rings. The summed E-state index contributed by atoms with van der Waals surface area (Å²) < 4.78 is 19.0. The Kier molecular flexibility index (Phi) is 3.71. The van der Waals surface area contributed by atoms with E-state index in [0.29, 0.717) is 0 Å². The Morgan fingerprint density at radius 2 is 2.06 bits per heavy atom. The second kappa shape index (κ2) is 5.11. The number of halogens is 1. The van der Waals surface area contributed by atoms with Crippen molar-refractivity contribution in [3.8, 4) is 0 Å². The molecule has 0 spiro atoms. The smallest absolute Gasteiger partial charge is 0.134 e. The molecule has 0 bridgehead atoms. The number of fused-ring (bicyclic) bond motifs is 1. The van der Waals surface area contributed by atoms with E-state index < -0.39 is 0 Å². The third-order valence-corrected chi connectivity index (χ3v) is 3.32. The Morgan fingerprint density at radius 3 is 2.78 bits per heavy atom. The van der Waals surface area contributed by atoms with E-state index in [2.05, 4.69) is 26.1 Å². The van der Waals surface area contributed by atoms with Gasteiger partial charge in [-0.1, -0.05) is 20.8 Å². The first-order valence-corrected chi connectivity index (χ1v) is 6.43. The molecule has 1 aromatic carbocycles. The predicted octanol–water partition coefficient (Wildman–Crippen LogP) is 3.85. The van der Waals surface area contributed by atoms with Crippen LogP contribution in [0.4, 0.5) is 4.39 Å². The van der Waals surface area contributed by atoms with Gasteiger partial charge in [0.1, 0.15) is 17.2 Å². The van der Waals surface area contributed by atoms with Crippen LogP contribution in [0.15, 0.2) is 28.7 Å². The standard InChI is InChI=1S/C15H20FNO/c1-4-17-8-7-15(2,3)14-10-11-9-12(16)5-6-13(11)18-14/h5-6,9-10,17H,4,7-8H2,1-3H3. The van der Waals surface area contributed by atoms with Crippen molar-refractivity contribution in [1.29, 1.82) is 0 Å². The molecule has 0 fully saturated rings. The quantitative estimate of drug-likeness (QED) is 0.814. The Bertz CT molecular complexity index is 530. The van der Waals surface area contributed by atoms with Crippen LogP contribution in [-0.2, 0) is 5.41 Å². The molecule has 2 nitrogen and oxygen atoms in total. The van der Waals surface area contributed by atoms with Crippen LogP contribution in [0.1, 0.15) is 33.0 Å². The molecule has 0 aliphatic heterocycles. The monoisotopic (exact) mass is 249 g/mol. The minimum atomic E-state index is -0.222. The largest absolute Gasteiger partial charge is 0.461 e. The summed E-state index contributed by atoms with van der Waals surface area (Å²) in [4.78, 5) is 0. The van der Waals surface area contributed by atoms with E-state index in [1.807, 2.05) is 6.07 Å². The van der Waals surface area contributed by atoms with Crippen molar-refractivity contribution in [3.05, 3.63) is 35.8 Å². The highest BCUT2D eigenvalue weighted by Crippen LogP contribution is 2.32. The Hall–Kier alpha value is -1.35. The van der Waals surface area contributed by atoms with Crippen LogP contribution in [0.25, 0.3) is 11.0 Å². The number of rotatable bonds is 5. The predicted molar refractivity (Wildman–Crippen MR) is 72.4 cm³/mol. The van der Waals surface area contributed by atoms with E-state index in [0.717, 1.165) is 36.2 Å². The Morgan fingerprint density at radius 1 is 1.28 bits per heavy atom. The lowest BCUT2D eigenvalue weighted by Crippen LogP contribution is -2.24. The zero-order valence-electron chi connectivity index (χ0n) is 11.2. The Balaban J connectivity index is 2.24. The molecule has 3 heteroatoms. The highest BCUT2D eigenvalue weighted by molar-refractivity contribution is 5.78. The molecule has 0 saturated heterocycles. The van der Waals surface area contributed by atoms with Crippen molar-refractivity contribution in [2.24, 2.45) is 0 Å². The fraction of sp³-hybridized carbons (Fsp3) is 0.467. The van der Waals surface area contributed by atoms with E-state index in [4.69, 9.17) is 4.42 Å². The van der Waals surface area contributed by atoms with Crippen molar-refractivity contribution < 1.29 is 8.81 Å². The molecular weight excluding hydrogens is 229 g/mol. The first kappa shape index (κ1) is 13.1. The van der Waals surface area contributed by atoms with Gasteiger partial charge in [-0.2, -0.15) is 0 Å². The van der Waals surface area contributed by atoms with E-state index in [9.17, 15) is 4.39 Å². The second-order valence-corrected chi connectivity index (χ2v) is 5.28. The highest BCUT2D eigenvalue weighted by atomic mass is 19.1. The van der Waals surface area contributed by atoms with E-state index in [1.165, 1.54) is 12.1 Å². The van der Waals surface area contributed by atoms with Crippen LogP contribution in [0, 0.1) is 5.82 Å². The van der Waals surface area contributed by atoms with Crippen molar-refractivity contribution in [2.75, 3.05) is 13.1 Å². The number of furan rings is 1. The summed E-state index contributed by atoms with van der Waals surface area (Å²) in [6.45, 7) is 8.32. The zero-order chi connectivity index (χ0) is 13.2. The van der Waals surface area contributed by atoms with Gasteiger partial charge in [0.05, 0.1) is 0 Å². The maximum Gasteiger partial charge on any atom is 0.134 e. The van der Waals surface area contributed by atoms with Crippen LogP contribution in [0.5, 0.6) is 0 Å². The highest BCUT2D eigenvalue weighted by Gasteiger charge is 2.24. The normalized spacial score (nSPS) is 12.2. The van der Waals surface area contributed by atoms with Gasteiger partial charge in [0, 0.05) is 10.8 Å². The minimum Gasteiger partial charge on any atom is -0.461 e. The topological polar surface area (TPSA) is 25.2 Å². The third kappa shape index (κ3) is 2.72. The molecule has 2 aromatic rings. The number of nitrogens with one attached hydrogen (secondary N) is 1. The van der Waals surface area contributed by atoms with Crippen molar-refractivity contribution in [3.63, 3.8) is 0 Å². The molecule has 0 saturated carbocycles. The maximum absolute atomic E-state index is 13.1. The van der Waals surface area contributed by atoms with Gasteiger partial charge in [0.2, 0.25) is 0 Å². The summed E-state index contributed by atoms with van der Waals surface area (Å²) in [5.74, 6) is 0.696. The fourth-order valence-corrected chi connectivity index (χ4v) is 2.05. The van der Waals surface area contributed by atoms with Crippen LogP contribution in [-0.4, -0.2) is 13.1 Å². The summed E-state index contributed by atoms with van der Waals surface area (Å²) in [6.07, 6.45) is 0.989. The first-order chi connectivity index (χ1) is 8.53. The number of hydrogen-bond donors (Lipinski definition) is 1. The van der Waals surface area contributed by atoms with Crippen LogP contribution < -0.4 is 5.32 Å². The molecular formula is C15H20FNO. The molecule has 18 heavy (non-hydrogen) atoms. The lowest BCUT2D eigenvalue weighted by atomic mass is 9.86. The van der Waals surface area contributed by atoms with Crippen LogP contribution in [0.3, 0.4) is 0 Å². The molecule has 1 N–H and O–H groups in total. The molecule has 0 radical (unpaired) electrons. The fourth-order valence-electron chi connectivity index (χ4n) is 2.05. The molecule has 0 atom stereocenters. The lowest BCUT2D eigenvalue weighted by molar-refractivity contribution is 0.372. The lowest BCUT2D eigenvalue weighted by Gasteiger charge is -2.21. The Labute approximate surface area is 107 Å². The van der Waals surface area contributed by atoms with Gasteiger partial charge < -0.3 is 9.73 Å². The summed E-state index contributed by atoms with van der Waals surface area (Å²) in [5.41, 5.74) is 0.709. The van der Waals surface area contributed by atoms with Gasteiger partial charge in [0.15, 0.2) is 0 Å². The molecule has 1 heterocycles. The average molecular weight is 249 g/mol. The third-order valence-electron chi connectivity index (χ3n) is 3.32. The summed E-state index contributed by atoms with van der Waals surface area (Å²) in [5, 5.41) is 4.15. The minimum absolute atomic E-state index is 0.0440. The van der Waals surface area contributed by atoms with Crippen molar-refractivity contribution >= 4 is 11.0 Å². The van der Waals surface area contributed by atoms with Gasteiger partial charge >= 0.3 is 0 Å². The van der Waals surface area contributed by atoms with Gasteiger partial charge in [-0.25, -0.2) is 4.39 Å². The van der Waals surface area contributed by atoms with Gasteiger partial charge in [-0.15, -0.1) is 0 Å². The van der Waals surface area contributed by atoms with E-state index in [-0.39, 0.29) is 11.2 Å². The molecule has 0 unspecified atom stereocenters. The second-order valence-electron chi connectivity index (χ2n) is 5.28. The SMILES string of the molecule is CCNCCC(C)(C)c1cc2cc(F)ccc2o1. The number of benzene rings is 1. The first-order valence-electron chi connectivity index (χ1n) is 6.43. The van der Waals surface area contributed by atoms with E-state index >= 15 is 0 Å². The number of hydrogen-bond acceptors (Lipinski definition) is 2. The molecule has 98 valence electrons. The molecule has 0 amide bonds. The van der Waals surface area contributed by atoms with E-state index in [1.54, 1.807) is 6.07 Å². The van der Waals surface area contributed by atoms with Crippen LogP contribution in [0.2, 0.25) is 0 Å². The molecule has 2 rings (SSSR count). The summed E-state index contributed by atoms with van der Waals surface area (Å²) in [7, 11) is 0. The van der Waals surface area contributed by atoms with Gasteiger partial charge in [-0.05, 0) is 43.8 Å². The van der Waals surface area contributed by atoms with Crippen molar-refractivity contribution in [1.82, 2.24) is 5.32 Å². The molecule has 1 aromatic heterocycles. The summed E-state index contributed by atoms with van der Waals surface area (Å²) in [6, 6.07) is 6.59. The van der Waals surface area contributed by atoms with Gasteiger partial charge in [-0.3, -0.25) is 0 Å². The molecule has 0 aliphatic carbocycles. The summed E-state index contributed by atoms with van der Waals surface area (Å²) >= 11 is 0. The van der Waals surface area contributed by atoms with Crippen molar-refractivity contribution in [2.45, 2.75) is 32.6 Å².